The zero-order chi connectivity index (χ0) is 34.4. The Morgan fingerprint density at radius 2 is 1.18 bits per heavy atom. The number of carbonyl (C=O) groups is 3. The van der Waals surface area contributed by atoms with Crippen LogP contribution in [0.15, 0.2) is 36.4 Å². The van der Waals surface area contributed by atoms with Crippen molar-refractivity contribution in [3.05, 3.63) is 58.7 Å². The zero-order valence-electron chi connectivity index (χ0n) is 29.4. The van der Waals surface area contributed by atoms with Gasteiger partial charge in [-0.15, -0.1) is 0 Å². The summed E-state index contributed by atoms with van der Waals surface area (Å²) in [5, 5.41) is 0. The molecule has 8 heteroatoms. The highest BCUT2D eigenvalue weighted by Gasteiger charge is 2.33. The predicted molar refractivity (Wildman–Crippen MR) is 177 cm³/mol. The third kappa shape index (κ3) is 10.6. The van der Waals surface area contributed by atoms with Crippen LogP contribution in [0, 0.1) is 10.8 Å². The summed E-state index contributed by atoms with van der Waals surface area (Å²) in [6, 6.07) is 8.61. The zero-order valence-corrected chi connectivity index (χ0v) is 29.4. The van der Waals surface area contributed by atoms with E-state index in [1.54, 1.807) is 71.9 Å². The van der Waals surface area contributed by atoms with E-state index in [-0.39, 0.29) is 36.7 Å². The van der Waals surface area contributed by atoms with Crippen LogP contribution in [-0.4, -0.2) is 37.9 Å². The molecule has 45 heavy (non-hydrogen) atoms. The van der Waals surface area contributed by atoms with Crippen LogP contribution in [0.25, 0.3) is 6.08 Å². The van der Waals surface area contributed by atoms with Crippen molar-refractivity contribution in [3.63, 3.8) is 0 Å². The number of ketones is 1. The monoisotopic (exact) mass is 624 g/mol. The fourth-order valence-electron chi connectivity index (χ4n) is 4.18. The second-order valence-electron chi connectivity index (χ2n) is 15.1. The van der Waals surface area contributed by atoms with Gasteiger partial charge in [-0.05, 0) is 102 Å². The van der Waals surface area contributed by atoms with Gasteiger partial charge in [0.05, 0.1) is 17.4 Å². The van der Waals surface area contributed by atoms with Crippen molar-refractivity contribution in [2.45, 2.75) is 101 Å². The number of carbonyl (C=O) groups excluding carboxylic acids is 3. The summed E-state index contributed by atoms with van der Waals surface area (Å²) in [5.41, 5.74) is 0.873. The summed E-state index contributed by atoms with van der Waals surface area (Å²) in [5.74, 6) is 0.763. The van der Waals surface area contributed by atoms with E-state index in [4.69, 9.17) is 23.7 Å². The van der Waals surface area contributed by atoms with Crippen molar-refractivity contribution in [1.82, 2.24) is 0 Å². The molecular weight excluding hydrogens is 572 g/mol. The van der Waals surface area contributed by atoms with E-state index in [0.29, 0.717) is 29.4 Å². The van der Waals surface area contributed by atoms with Gasteiger partial charge in [-0.3, -0.25) is 14.4 Å². The number of esters is 2. The van der Waals surface area contributed by atoms with E-state index >= 15 is 0 Å². The van der Waals surface area contributed by atoms with E-state index in [1.807, 2.05) is 13.0 Å². The lowest BCUT2D eigenvalue weighted by atomic mass is 9.77. The molecule has 248 valence electrons. The molecule has 0 aromatic heterocycles. The average molecular weight is 625 g/mol. The molecule has 0 atom stereocenters. The van der Waals surface area contributed by atoms with Gasteiger partial charge in [-0.2, -0.15) is 0 Å². The molecule has 0 aliphatic rings. The molecule has 0 unspecified atom stereocenters. The van der Waals surface area contributed by atoms with Crippen molar-refractivity contribution in [3.8, 4) is 17.2 Å². The highest BCUT2D eigenvalue weighted by atomic mass is 16.7. The lowest BCUT2D eigenvalue weighted by Crippen LogP contribution is -2.26. The standard InChI is InChI=1S/C37H52O8/c1-14-41-30-25(17-20-28(38)24-15-18-26(19-16-24)42-22-44-32(39)36(8,9)10)21-27(34(2,3)4)31(29(30)35(5,6)7)43-23-45-33(40)37(11,12)13/h15-21H,14,22-23H2,1-13H3. The number of benzene rings is 2. The van der Waals surface area contributed by atoms with Gasteiger partial charge in [-0.25, -0.2) is 0 Å². The van der Waals surface area contributed by atoms with Crippen LogP contribution < -0.4 is 14.2 Å². The first-order valence-electron chi connectivity index (χ1n) is 15.3. The summed E-state index contributed by atoms with van der Waals surface area (Å²) in [7, 11) is 0. The molecule has 2 rings (SSSR count). The maximum Gasteiger partial charge on any atom is 0.314 e. The molecular formula is C37H52O8. The highest BCUT2D eigenvalue weighted by molar-refractivity contribution is 6.07. The molecule has 0 saturated carbocycles. The Morgan fingerprint density at radius 1 is 0.667 bits per heavy atom. The number of allylic oxidation sites excluding steroid dienone is 1. The van der Waals surface area contributed by atoms with E-state index in [2.05, 4.69) is 41.5 Å². The highest BCUT2D eigenvalue weighted by Crippen LogP contribution is 2.47. The third-order valence-corrected chi connectivity index (χ3v) is 6.69. The Balaban J connectivity index is 2.44. The molecule has 0 N–H and O–H groups in total. The van der Waals surface area contributed by atoms with E-state index < -0.39 is 16.2 Å². The van der Waals surface area contributed by atoms with Crippen LogP contribution in [0.1, 0.15) is 117 Å². The average Bonchev–Trinajstić information content (AvgIpc) is 2.90. The van der Waals surface area contributed by atoms with Crippen molar-refractivity contribution in [2.24, 2.45) is 10.8 Å². The third-order valence-electron chi connectivity index (χ3n) is 6.69. The molecule has 0 heterocycles. The molecule has 2 aromatic rings. The molecule has 8 nitrogen and oxygen atoms in total. The van der Waals surface area contributed by atoms with Gasteiger partial charge in [0.25, 0.3) is 0 Å². The topological polar surface area (TPSA) is 97.4 Å². The van der Waals surface area contributed by atoms with Gasteiger partial charge in [0.15, 0.2) is 5.78 Å². The first-order chi connectivity index (χ1) is 20.6. The van der Waals surface area contributed by atoms with Crippen molar-refractivity contribution < 1.29 is 38.1 Å². The van der Waals surface area contributed by atoms with Crippen molar-refractivity contribution in [2.75, 3.05) is 20.2 Å². The molecule has 0 fully saturated rings. The molecule has 0 spiro atoms. The predicted octanol–water partition coefficient (Wildman–Crippen LogP) is 8.43. The normalized spacial score (nSPS) is 12.6. The quantitative estimate of drug-likeness (QED) is 0.106. The lowest BCUT2D eigenvalue weighted by Gasteiger charge is -2.32. The molecule has 0 saturated heterocycles. The van der Waals surface area contributed by atoms with E-state index in [0.717, 1.165) is 16.7 Å². The van der Waals surface area contributed by atoms with Crippen LogP contribution in [0.4, 0.5) is 0 Å². The molecule has 0 amide bonds. The Hall–Kier alpha value is -3.81. The van der Waals surface area contributed by atoms with E-state index in [1.165, 1.54) is 6.08 Å². The van der Waals surface area contributed by atoms with Crippen molar-refractivity contribution >= 4 is 23.8 Å². The fraction of sp³-hybridized carbons (Fsp3) is 0.541. The Bertz CT molecular complexity index is 1370. The summed E-state index contributed by atoms with van der Waals surface area (Å²) in [6.07, 6.45) is 3.28. The number of rotatable bonds is 11. The largest absolute Gasteiger partial charge is 0.493 e. The van der Waals surface area contributed by atoms with Gasteiger partial charge in [-0.1, -0.05) is 41.5 Å². The maximum atomic E-state index is 13.2. The fourth-order valence-corrected chi connectivity index (χ4v) is 4.18. The molecule has 0 aliphatic carbocycles. The second kappa shape index (κ2) is 14.5. The van der Waals surface area contributed by atoms with Gasteiger partial charge in [0.2, 0.25) is 13.6 Å². The Morgan fingerprint density at radius 3 is 1.62 bits per heavy atom. The minimum Gasteiger partial charge on any atom is -0.493 e. The maximum absolute atomic E-state index is 13.2. The molecule has 2 aromatic carbocycles. The number of hydrogen-bond acceptors (Lipinski definition) is 8. The van der Waals surface area contributed by atoms with Gasteiger partial charge >= 0.3 is 11.9 Å². The first-order valence-corrected chi connectivity index (χ1v) is 15.3. The molecule has 0 bridgehead atoms. The first kappa shape index (κ1) is 37.4. The summed E-state index contributed by atoms with van der Waals surface area (Å²) < 4.78 is 28.6. The Kier molecular flexibility index (Phi) is 12.1. The van der Waals surface area contributed by atoms with Crippen LogP contribution in [0.5, 0.6) is 17.2 Å². The van der Waals surface area contributed by atoms with Crippen LogP contribution in [0.2, 0.25) is 0 Å². The molecule has 0 radical (unpaired) electrons. The number of hydrogen-bond donors (Lipinski definition) is 0. The van der Waals surface area contributed by atoms with Gasteiger partial charge in [0.1, 0.15) is 17.2 Å². The minimum atomic E-state index is -0.658. The summed E-state index contributed by atoms with van der Waals surface area (Å²) in [6.45, 7) is 25.0. The van der Waals surface area contributed by atoms with Crippen LogP contribution in [-0.2, 0) is 29.9 Å². The minimum absolute atomic E-state index is 0.202. The second-order valence-corrected chi connectivity index (χ2v) is 15.1. The molecule has 0 aliphatic heterocycles. The Labute approximate surface area is 269 Å². The van der Waals surface area contributed by atoms with Crippen LogP contribution in [0.3, 0.4) is 0 Å². The van der Waals surface area contributed by atoms with Gasteiger partial charge < -0.3 is 23.7 Å². The van der Waals surface area contributed by atoms with E-state index in [9.17, 15) is 14.4 Å². The number of ether oxygens (including phenoxy) is 5. The summed E-state index contributed by atoms with van der Waals surface area (Å²) >= 11 is 0. The lowest BCUT2D eigenvalue weighted by molar-refractivity contribution is -0.160. The smallest absolute Gasteiger partial charge is 0.314 e. The van der Waals surface area contributed by atoms with Crippen molar-refractivity contribution in [1.29, 1.82) is 0 Å². The van der Waals surface area contributed by atoms with Gasteiger partial charge in [0, 0.05) is 22.3 Å². The SMILES string of the molecule is CCOc1c(C=CC(=O)c2ccc(OCOC(=O)C(C)(C)C)cc2)cc(C(C)(C)C)c(OCOC(=O)C(C)(C)C)c1C(C)(C)C. The van der Waals surface area contributed by atoms with Crippen LogP contribution >= 0.6 is 0 Å². The summed E-state index contributed by atoms with van der Waals surface area (Å²) in [4.78, 5) is 37.6.